The molecule has 1 aromatic heterocycles. The molecule has 2 atom stereocenters. The van der Waals surface area contributed by atoms with Crippen LogP contribution >= 0.6 is 11.8 Å². The molecule has 6 heteroatoms. The van der Waals surface area contributed by atoms with Gasteiger partial charge in [0.15, 0.2) is 11.3 Å². The molecule has 0 bridgehead atoms. The Bertz CT molecular complexity index is 709. The maximum Gasteiger partial charge on any atom is 0.234 e. The minimum absolute atomic E-state index is 0.0225. The number of carbonyl (C=O) groups is 1. The lowest BCUT2D eigenvalue weighted by Crippen LogP contribution is -2.41. The van der Waals surface area contributed by atoms with Gasteiger partial charge < -0.3 is 14.5 Å². The highest BCUT2D eigenvalue weighted by Gasteiger charge is 2.23. The van der Waals surface area contributed by atoms with Gasteiger partial charge in [-0.2, -0.15) is 11.8 Å². The average molecular weight is 348 g/mol. The predicted octanol–water partition coefficient (Wildman–Crippen LogP) is 3.06. The molecule has 1 aliphatic rings. The number of nitrogens with one attached hydrogen (secondary N) is 1. The first-order valence-electron chi connectivity index (χ1n) is 8.22. The fourth-order valence-corrected chi connectivity index (χ4v) is 4.31. The van der Waals surface area contributed by atoms with Gasteiger partial charge in [-0.1, -0.05) is 12.1 Å². The van der Waals surface area contributed by atoms with E-state index in [0.29, 0.717) is 18.3 Å². The smallest absolute Gasteiger partial charge is 0.234 e. The Labute approximate surface area is 146 Å². The number of thioether (sulfide) groups is 1. The number of fused-ring (bicyclic) bond motifs is 1. The van der Waals surface area contributed by atoms with Gasteiger partial charge >= 0.3 is 0 Å². The maximum absolute atomic E-state index is 12.3. The Morgan fingerprint density at radius 1 is 1.54 bits per heavy atom. The normalized spacial score (nSPS) is 18.9. The number of benzene rings is 1. The van der Waals surface area contributed by atoms with Crippen LogP contribution in [0.2, 0.25) is 0 Å². The fourth-order valence-electron chi connectivity index (χ4n) is 3.01. The maximum atomic E-state index is 12.3. The first kappa shape index (κ1) is 17.2. The average Bonchev–Trinajstić information content (AvgIpc) is 3.23. The third-order valence-electron chi connectivity index (χ3n) is 4.47. The van der Waals surface area contributed by atoms with Crippen molar-refractivity contribution >= 4 is 28.6 Å². The molecule has 24 heavy (non-hydrogen) atoms. The highest BCUT2D eigenvalue weighted by molar-refractivity contribution is 7.99. The number of ether oxygens (including phenoxy) is 1. The summed E-state index contributed by atoms with van der Waals surface area (Å²) in [6.07, 6.45) is 1.16. The molecule has 0 saturated carbocycles. The van der Waals surface area contributed by atoms with Crippen molar-refractivity contribution in [3.05, 3.63) is 30.0 Å². The molecule has 3 rings (SSSR count). The highest BCUT2D eigenvalue weighted by atomic mass is 32.2. The lowest BCUT2D eigenvalue weighted by Gasteiger charge is -2.23. The molecule has 1 saturated heterocycles. The van der Waals surface area contributed by atoms with E-state index in [1.54, 1.807) is 7.11 Å². The van der Waals surface area contributed by atoms with Gasteiger partial charge in [0.1, 0.15) is 5.76 Å². The number of methoxy groups -OCH3 is 1. The number of nitrogens with zero attached hydrogens (tertiary/aromatic N) is 1. The number of para-hydroxylation sites is 1. The molecule has 5 nitrogen and oxygen atoms in total. The Balaban J connectivity index is 1.63. The van der Waals surface area contributed by atoms with Gasteiger partial charge in [-0.15, -0.1) is 0 Å². The van der Waals surface area contributed by atoms with Crippen LogP contribution in [0, 0.1) is 0 Å². The number of hydrogen-bond donors (Lipinski definition) is 1. The van der Waals surface area contributed by atoms with Crippen molar-refractivity contribution in [2.75, 3.05) is 32.2 Å². The molecule has 1 aromatic carbocycles. The fraction of sp³-hybridized carbons (Fsp3) is 0.500. The second-order valence-electron chi connectivity index (χ2n) is 6.25. The molecule has 0 spiro atoms. The van der Waals surface area contributed by atoms with Gasteiger partial charge in [0, 0.05) is 17.2 Å². The third-order valence-corrected chi connectivity index (χ3v) is 5.62. The zero-order valence-corrected chi connectivity index (χ0v) is 15.2. The number of amides is 1. The summed E-state index contributed by atoms with van der Waals surface area (Å²) in [5, 5.41) is 4.00. The van der Waals surface area contributed by atoms with Gasteiger partial charge in [-0.3, -0.25) is 9.69 Å². The Morgan fingerprint density at radius 3 is 3.08 bits per heavy atom. The molecular weight excluding hydrogens is 324 g/mol. The van der Waals surface area contributed by atoms with Crippen LogP contribution in [0.3, 0.4) is 0 Å². The van der Waals surface area contributed by atoms with E-state index >= 15 is 0 Å². The van der Waals surface area contributed by atoms with Crippen LogP contribution < -0.4 is 10.1 Å². The van der Waals surface area contributed by atoms with Crippen molar-refractivity contribution in [2.24, 2.45) is 0 Å². The summed E-state index contributed by atoms with van der Waals surface area (Å²) in [4.78, 5) is 14.4. The Morgan fingerprint density at radius 2 is 2.38 bits per heavy atom. The number of rotatable bonds is 6. The van der Waals surface area contributed by atoms with Crippen molar-refractivity contribution < 1.29 is 13.9 Å². The van der Waals surface area contributed by atoms with Gasteiger partial charge in [0.25, 0.3) is 0 Å². The SMILES string of the molecule is COc1cccc2cc([C@@H](C)NC(=O)CN(C)[C@H]3CCSC3)oc12. The molecule has 0 radical (unpaired) electrons. The van der Waals surface area contributed by atoms with E-state index < -0.39 is 0 Å². The van der Waals surface area contributed by atoms with Crippen LogP contribution in [0.25, 0.3) is 11.0 Å². The minimum Gasteiger partial charge on any atom is -0.493 e. The number of carbonyl (C=O) groups excluding carboxylic acids is 1. The molecule has 2 heterocycles. The first-order valence-corrected chi connectivity index (χ1v) is 9.37. The minimum atomic E-state index is -0.180. The van der Waals surface area contributed by atoms with E-state index in [2.05, 4.69) is 10.2 Å². The Kier molecular flexibility index (Phi) is 5.36. The van der Waals surface area contributed by atoms with E-state index in [4.69, 9.17) is 9.15 Å². The summed E-state index contributed by atoms with van der Waals surface area (Å²) in [5.74, 6) is 3.77. The quantitative estimate of drug-likeness (QED) is 0.869. The molecule has 1 aliphatic heterocycles. The summed E-state index contributed by atoms with van der Waals surface area (Å²) < 4.78 is 11.2. The van der Waals surface area contributed by atoms with E-state index in [9.17, 15) is 4.79 Å². The van der Waals surface area contributed by atoms with Crippen molar-refractivity contribution in [3.63, 3.8) is 0 Å². The lowest BCUT2D eigenvalue weighted by atomic mass is 10.2. The monoisotopic (exact) mass is 348 g/mol. The van der Waals surface area contributed by atoms with E-state index in [0.717, 1.165) is 28.9 Å². The van der Waals surface area contributed by atoms with E-state index in [1.807, 2.05) is 50.0 Å². The largest absolute Gasteiger partial charge is 0.493 e. The predicted molar refractivity (Wildman–Crippen MR) is 97.7 cm³/mol. The molecule has 2 aromatic rings. The second kappa shape index (κ2) is 7.49. The van der Waals surface area contributed by atoms with E-state index in [-0.39, 0.29) is 11.9 Å². The summed E-state index contributed by atoms with van der Waals surface area (Å²) in [6.45, 7) is 2.35. The topological polar surface area (TPSA) is 54.7 Å². The molecule has 1 amide bonds. The van der Waals surface area contributed by atoms with Crippen molar-refractivity contribution in [2.45, 2.75) is 25.4 Å². The summed E-state index contributed by atoms with van der Waals surface area (Å²) in [7, 11) is 3.64. The van der Waals surface area contributed by atoms with Crippen LogP contribution in [-0.2, 0) is 4.79 Å². The van der Waals surface area contributed by atoms with Crippen molar-refractivity contribution in [1.82, 2.24) is 10.2 Å². The van der Waals surface area contributed by atoms with Crippen molar-refractivity contribution in [1.29, 1.82) is 0 Å². The van der Waals surface area contributed by atoms with Crippen molar-refractivity contribution in [3.8, 4) is 5.75 Å². The number of likely N-dealkylation sites (N-methyl/N-ethyl adjacent to an activating group) is 1. The number of hydrogen-bond acceptors (Lipinski definition) is 5. The molecule has 0 aliphatic carbocycles. The standard InChI is InChI=1S/C18H24N2O3S/c1-12(19-17(21)10-20(2)14-7-8-24-11-14)16-9-13-5-4-6-15(22-3)18(13)23-16/h4-6,9,12,14H,7-8,10-11H2,1-3H3,(H,19,21)/t12-,14+/m1/s1. The van der Waals surface area contributed by atoms with Crippen LogP contribution in [-0.4, -0.2) is 49.1 Å². The summed E-state index contributed by atoms with van der Waals surface area (Å²) in [6, 6.07) is 8.06. The van der Waals surface area contributed by atoms with Crippen LogP contribution in [0.1, 0.15) is 25.1 Å². The molecule has 1 fully saturated rings. The Hall–Kier alpha value is -1.66. The lowest BCUT2D eigenvalue weighted by molar-refractivity contribution is -0.123. The first-order chi connectivity index (χ1) is 11.6. The molecule has 130 valence electrons. The molecular formula is C18H24N2O3S. The molecule has 0 unspecified atom stereocenters. The highest BCUT2D eigenvalue weighted by Crippen LogP contribution is 2.30. The van der Waals surface area contributed by atoms with Gasteiger partial charge in [0.2, 0.25) is 5.91 Å². The van der Waals surface area contributed by atoms with Crippen LogP contribution in [0.15, 0.2) is 28.7 Å². The van der Waals surface area contributed by atoms with Gasteiger partial charge in [0.05, 0.1) is 19.7 Å². The van der Waals surface area contributed by atoms with Gasteiger partial charge in [-0.05, 0) is 38.3 Å². The molecule has 1 N–H and O–H groups in total. The zero-order valence-electron chi connectivity index (χ0n) is 14.4. The number of furan rings is 1. The van der Waals surface area contributed by atoms with Crippen LogP contribution in [0.5, 0.6) is 5.75 Å². The third kappa shape index (κ3) is 3.70. The zero-order chi connectivity index (χ0) is 17.1. The van der Waals surface area contributed by atoms with Crippen LogP contribution in [0.4, 0.5) is 0 Å². The van der Waals surface area contributed by atoms with Gasteiger partial charge in [-0.25, -0.2) is 0 Å². The second-order valence-corrected chi connectivity index (χ2v) is 7.40. The summed E-state index contributed by atoms with van der Waals surface area (Å²) in [5.41, 5.74) is 0.719. The van der Waals surface area contributed by atoms with E-state index in [1.165, 1.54) is 5.75 Å². The summed E-state index contributed by atoms with van der Waals surface area (Å²) >= 11 is 1.95.